The molecule has 1 saturated carbocycles. The van der Waals surface area contributed by atoms with Crippen LogP contribution in [-0.4, -0.2) is 54.0 Å². The van der Waals surface area contributed by atoms with Gasteiger partial charge in [0.05, 0.1) is 0 Å². The Kier molecular flexibility index (Phi) is 5.33. The van der Waals surface area contributed by atoms with Gasteiger partial charge in [0.2, 0.25) is 0 Å². The fourth-order valence-electron chi connectivity index (χ4n) is 3.43. The highest BCUT2D eigenvalue weighted by Gasteiger charge is 2.25. The summed E-state index contributed by atoms with van der Waals surface area (Å²) in [5.41, 5.74) is 0.486. The summed E-state index contributed by atoms with van der Waals surface area (Å²) in [5, 5.41) is 3.10. The van der Waals surface area contributed by atoms with E-state index >= 15 is 0 Å². The van der Waals surface area contributed by atoms with E-state index in [4.69, 9.17) is 0 Å². The van der Waals surface area contributed by atoms with E-state index < -0.39 is 0 Å². The monoisotopic (exact) mass is 333 g/mol. The summed E-state index contributed by atoms with van der Waals surface area (Å²) in [6, 6.07) is 5.90. The Labute approximate surface area is 141 Å². The highest BCUT2D eigenvalue weighted by Crippen LogP contribution is 2.18. The van der Waals surface area contributed by atoms with Gasteiger partial charge < -0.3 is 15.1 Å². The van der Waals surface area contributed by atoms with Crippen molar-refractivity contribution >= 4 is 11.9 Å². The third kappa shape index (κ3) is 4.04. The predicted octanol–water partition coefficient (Wildman–Crippen LogP) is 2.63. The van der Waals surface area contributed by atoms with E-state index in [0.29, 0.717) is 37.8 Å². The van der Waals surface area contributed by atoms with Gasteiger partial charge in [0.1, 0.15) is 5.82 Å². The molecule has 1 heterocycles. The van der Waals surface area contributed by atoms with Crippen molar-refractivity contribution in [3.05, 3.63) is 35.6 Å². The number of urea groups is 1. The molecule has 0 radical (unpaired) electrons. The van der Waals surface area contributed by atoms with Crippen LogP contribution in [0.1, 0.15) is 42.5 Å². The normalized spacial score (nSPS) is 19.2. The first-order chi connectivity index (χ1) is 11.6. The number of amides is 3. The molecule has 6 heteroatoms. The van der Waals surface area contributed by atoms with Crippen LogP contribution in [0.3, 0.4) is 0 Å². The minimum atomic E-state index is -0.350. The molecule has 130 valence electrons. The van der Waals surface area contributed by atoms with Crippen molar-refractivity contribution in [2.75, 3.05) is 26.2 Å². The second-order valence-corrected chi connectivity index (χ2v) is 6.57. The zero-order valence-electron chi connectivity index (χ0n) is 13.8. The van der Waals surface area contributed by atoms with E-state index in [1.54, 1.807) is 9.80 Å². The first-order valence-corrected chi connectivity index (χ1v) is 8.74. The molecule has 0 spiro atoms. The number of rotatable bonds is 2. The summed E-state index contributed by atoms with van der Waals surface area (Å²) in [7, 11) is 0. The van der Waals surface area contributed by atoms with Crippen LogP contribution in [0.4, 0.5) is 9.18 Å². The molecule has 0 aromatic heterocycles. The van der Waals surface area contributed by atoms with E-state index in [0.717, 1.165) is 19.3 Å². The molecule has 1 saturated heterocycles. The Morgan fingerprint density at radius 1 is 0.917 bits per heavy atom. The molecule has 2 aliphatic rings. The Balaban J connectivity index is 1.55. The largest absolute Gasteiger partial charge is 0.337 e. The lowest BCUT2D eigenvalue weighted by molar-refractivity contribution is 0.0762. The summed E-state index contributed by atoms with van der Waals surface area (Å²) in [6.45, 7) is 2.31. The topological polar surface area (TPSA) is 52.7 Å². The highest BCUT2D eigenvalue weighted by atomic mass is 19.1. The van der Waals surface area contributed by atoms with Crippen LogP contribution >= 0.6 is 0 Å². The highest BCUT2D eigenvalue weighted by molar-refractivity contribution is 5.94. The lowest BCUT2D eigenvalue weighted by Crippen LogP contribution is -2.45. The van der Waals surface area contributed by atoms with Crippen molar-refractivity contribution in [2.45, 2.75) is 38.1 Å². The van der Waals surface area contributed by atoms with Gasteiger partial charge in [0, 0.05) is 37.8 Å². The van der Waals surface area contributed by atoms with Gasteiger partial charge >= 0.3 is 6.03 Å². The molecule has 24 heavy (non-hydrogen) atoms. The third-order valence-electron chi connectivity index (χ3n) is 4.84. The molecule has 5 nitrogen and oxygen atoms in total. The van der Waals surface area contributed by atoms with Gasteiger partial charge in [-0.2, -0.15) is 0 Å². The molecule has 0 bridgehead atoms. The third-order valence-corrected chi connectivity index (χ3v) is 4.84. The second kappa shape index (κ2) is 7.64. The minimum Gasteiger partial charge on any atom is -0.337 e. The standard InChI is InChI=1S/C18H24FN3O2/c19-15-8-6-14(7-9-15)17(23)21-10-3-11-22(13-12-21)18(24)20-16-4-1-2-5-16/h6-9,16H,1-5,10-13H2,(H,20,24). The Morgan fingerprint density at radius 2 is 1.54 bits per heavy atom. The fourth-order valence-corrected chi connectivity index (χ4v) is 3.43. The first kappa shape index (κ1) is 16.7. The summed E-state index contributed by atoms with van der Waals surface area (Å²) < 4.78 is 13.0. The Morgan fingerprint density at radius 3 is 2.25 bits per heavy atom. The Hall–Kier alpha value is -2.11. The van der Waals surface area contributed by atoms with Crippen LogP contribution in [-0.2, 0) is 0 Å². The summed E-state index contributed by atoms with van der Waals surface area (Å²) in [5.74, 6) is -0.453. The number of hydrogen-bond acceptors (Lipinski definition) is 2. The number of carbonyl (C=O) groups is 2. The Bertz CT molecular complexity index is 584. The molecular weight excluding hydrogens is 309 g/mol. The van der Waals surface area contributed by atoms with Crippen molar-refractivity contribution in [1.82, 2.24) is 15.1 Å². The van der Waals surface area contributed by atoms with Gasteiger partial charge in [0.15, 0.2) is 0 Å². The molecule has 2 fully saturated rings. The quantitative estimate of drug-likeness (QED) is 0.904. The number of hydrogen-bond donors (Lipinski definition) is 1. The van der Waals surface area contributed by atoms with Crippen molar-refractivity contribution in [1.29, 1.82) is 0 Å². The lowest BCUT2D eigenvalue weighted by Gasteiger charge is -2.24. The molecule has 0 atom stereocenters. The smallest absolute Gasteiger partial charge is 0.317 e. The minimum absolute atomic E-state index is 0.0158. The van der Waals surface area contributed by atoms with E-state index in [1.807, 2.05) is 0 Å². The van der Waals surface area contributed by atoms with Gasteiger partial charge in [-0.05, 0) is 43.5 Å². The van der Waals surface area contributed by atoms with Crippen molar-refractivity contribution in [3.8, 4) is 0 Å². The predicted molar refractivity (Wildman–Crippen MR) is 89.3 cm³/mol. The lowest BCUT2D eigenvalue weighted by atomic mass is 10.2. The maximum atomic E-state index is 13.0. The van der Waals surface area contributed by atoms with Crippen LogP contribution in [0.15, 0.2) is 24.3 Å². The number of nitrogens with one attached hydrogen (secondary N) is 1. The molecule has 1 aliphatic carbocycles. The van der Waals surface area contributed by atoms with Gasteiger partial charge in [-0.1, -0.05) is 12.8 Å². The maximum Gasteiger partial charge on any atom is 0.317 e. The van der Waals surface area contributed by atoms with Crippen molar-refractivity contribution in [3.63, 3.8) is 0 Å². The van der Waals surface area contributed by atoms with Crippen LogP contribution in [0.5, 0.6) is 0 Å². The van der Waals surface area contributed by atoms with E-state index in [2.05, 4.69) is 5.32 Å². The van der Waals surface area contributed by atoms with Crippen LogP contribution in [0, 0.1) is 5.82 Å². The van der Waals surface area contributed by atoms with E-state index in [9.17, 15) is 14.0 Å². The molecule has 1 aliphatic heterocycles. The average Bonchev–Trinajstić information content (AvgIpc) is 2.96. The van der Waals surface area contributed by atoms with Gasteiger partial charge in [-0.25, -0.2) is 9.18 Å². The van der Waals surface area contributed by atoms with Crippen molar-refractivity contribution in [2.24, 2.45) is 0 Å². The summed E-state index contributed by atoms with van der Waals surface area (Å²) in [6.07, 6.45) is 5.25. The molecule has 3 rings (SSSR count). The molecular formula is C18H24FN3O2. The summed E-state index contributed by atoms with van der Waals surface area (Å²) >= 11 is 0. The molecule has 1 N–H and O–H groups in total. The fraction of sp³-hybridized carbons (Fsp3) is 0.556. The van der Waals surface area contributed by atoms with Gasteiger partial charge in [0.25, 0.3) is 5.91 Å². The maximum absolute atomic E-state index is 13.0. The number of nitrogens with zero attached hydrogens (tertiary/aromatic N) is 2. The molecule has 1 aromatic rings. The van der Waals surface area contributed by atoms with Gasteiger partial charge in [-0.15, -0.1) is 0 Å². The number of halogens is 1. The molecule has 0 unspecified atom stereocenters. The first-order valence-electron chi connectivity index (χ1n) is 8.74. The number of carbonyl (C=O) groups excluding carboxylic acids is 2. The molecule has 1 aromatic carbocycles. The summed E-state index contributed by atoms with van der Waals surface area (Å²) in [4.78, 5) is 28.4. The second-order valence-electron chi connectivity index (χ2n) is 6.57. The van der Waals surface area contributed by atoms with E-state index in [1.165, 1.54) is 37.1 Å². The zero-order chi connectivity index (χ0) is 16.9. The van der Waals surface area contributed by atoms with Crippen LogP contribution in [0.2, 0.25) is 0 Å². The van der Waals surface area contributed by atoms with Gasteiger partial charge in [-0.3, -0.25) is 4.79 Å². The van der Waals surface area contributed by atoms with Crippen LogP contribution in [0.25, 0.3) is 0 Å². The number of benzene rings is 1. The average molecular weight is 333 g/mol. The van der Waals surface area contributed by atoms with E-state index in [-0.39, 0.29) is 17.8 Å². The SMILES string of the molecule is O=C(NC1CCCC1)N1CCCN(C(=O)c2ccc(F)cc2)CC1. The molecule has 3 amide bonds. The van der Waals surface area contributed by atoms with Crippen molar-refractivity contribution < 1.29 is 14.0 Å². The van der Waals surface area contributed by atoms with Crippen LogP contribution < -0.4 is 5.32 Å². The zero-order valence-corrected chi connectivity index (χ0v) is 13.8.